The van der Waals surface area contributed by atoms with Crippen molar-refractivity contribution in [2.75, 3.05) is 26.2 Å². The summed E-state index contributed by atoms with van der Waals surface area (Å²) in [4.78, 5) is 24.8. The lowest BCUT2D eigenvalue weighted by molar-refractivity contribution is 0.0766. The van der Waals surface area contributed by atoms with Gasteiger partial charge in [0.2, 0.25) is 0 Å². The Hall–Kier alpha value is -2.22. The Bertz CT molecular complexity index is 1080. The molecule has 1 aliphatic heterocycles. The third kappa shape index (κ3) is 3.26. The van der Waals surface area contributed by atoms with E-state index < -0.39 is 0 Å². The van der Waals surface area contributed by atoms with Crippen LogP contribution in [-0.2, 0) is 6.54 Å². The third-order valence-corrected chi connectivity index (χ3v) is 6.84. The molecular weight excluding hydrogens is 376 g/mol. The van der Waals surface area contributed by atoms with Gasteiger partial charge in [0.05, 0.1) is 10.4 Å². The molecule has 4 aromatic rings. The van der Waals surface area contributed by atoms with Gasteiger partial charge in [-0.3, -0.25) is 14.1 Å². The van der Waals surface area contributed by atoms with E-state index in [4.69, 9.17) is 0 Å². The van der Waals surface area contributed by atoms with E-state index in [0.29, 0.717) is 0 Å². The van der Waals surface area contributed by atoms with E-state index in [1.54, 1.807) is 11.3 Å². The summed E-state index contributed by atoms with van der Waals surface area (Å²) in [5.74, 6) is 0.142. The molecule has 0 aliphatic carbocycles. The van der Waals surface area contributed by atoms with Crippen molar-refractivity contribution in [2.24, 2.45) is 0 Å². The molecule has 5 rings (SSSR count). The van der Waals surface area contributed by atoms with Crippen LogP contribution in [0.2, 0.25) is 0 Å². The van der Waals surface area contributed by atoms with Crippen molar-refractivity contribution < 1.29 is 4.79 Å². The molecule has 1 fully saturated rings. The molecule has 0 spiro atoms. The van der Waals surface area contributed by atoms with Gasteiger partial charge in [-0.05, 0) is 18.1 Å². The number of hydrogen-bond donors (Lipinski definition) is 0. The van der Waals surface area contributed by atoms with Crippen LogP contribution in [-0.4, -0.2) is 51.3 Å². The molecule has 138 valence electrons. The maximum Gasteiger partial charge on any atom is 0.264 e. The van der Waals surface area contributed by atoms with Crippen LogP contribution in [0, 0.1) is 0 Å². The number of fused-ring (bicyclic) bond motifs is 3. The average molecular weight is 397 g/mol. The fourth-order valence-corrected chi connectivity index (χ4v) is 5.45. The highest BCUT2D eigenvalue weighted by Gasteiger charge is 2.23. The zero-order chi connectivity index (χ0) is 18.2. The van der Waals surface area contributed by atoms with Gasteiger partial charge in [-0.1, -0.05) is 30.3 Å². The molecule has 0 N–H and O–H groups in total. The molecule has 1 amide bonds. The highest BCUT2D eigenvalue weighted by atomic mass is 32.1. The van der Waals surface area contributed by atoms with Crippen molar-refractivity contribution in [1.29, 1.82) is 0 Å². The molecule has 5 nitrogen and oxygen atoms in total. The maximum absolute atomic E-state index is 13.0. The van der Waals surface area contributed by atoms with Gasteiger partial charge in [0.1, 0.15) is 4.83 Å². The summed E-state index contributed by atoms with van der Waals surface area (Å²) in [6.45, 7) is 4.50. The number of imidazole rings is 1. The first-order valence-electron chi connectivity index (χ1n) is 9.18. The molecule has 0 unspecified atom stereocenters. The first kappa shape index (κ1) is 16.9. The first-order chi connectivity index (χ1) is 13.3. The third-order valence-electron chi connectivity index (χ3n) is 5.08. The molecule has 1 aliphatic rings. The van der Waals surface area contributed by atoms with Crippen molar-refractivity contribution in [3.05, 3.63) is 58.4 Å². The minimum absolute atomic E-state index is 0.142. The fourth-order valence-electron chi connectivity index (χ4n) is 3.68. The van der Waals surface area contributed by atoms with Crippen molar-refractivity contribution in [1.82, 2.24) is 19.2 Å². The standard InChI is InChI=1S/C20H20N4OS2/c25-19(17-13-16-18(27-17)21-20-24(16)11-12-26-20)23-8-4-7-22(9-10-23)14-15-5-2-1-3-6-15/h1-3,5-6,11-13H,4,7-10,14H2. The van der Waals surface area contributed by atoms with Crippen LogP contribution in [0.15, 0.2) is 48.0 Å². The van der Waals surface area contributed by atoms with Crippen LogP contribution in [0.25, 0.3) is 15.3 Å². The van der Waals surface area contributed by atoms with E-state index in [9.17, 15) is 4.79 Å². The summed E-state index contributed by atoms with van der Waals surface area (Å²) < 4.78 is 2.07. The molecule has 0 saturated carbocycles. The SMILES string of the molecule is O=C(c1cc2c(nc3sccn32)s1)N1CCCN(Cc2ccccc2)CC1. The number of rotatable bonds is 3. The van der Waals surface area contributed by atoms with Crippen molar-refractivity contribution in [3.8, 4) is 0 Å². The zero-order valence-corrected chi connectivity index (χ0v) is 16.5. The maximum atomic E-state index is 13.0. The second-order valence-corrected chi connectivity index (χ2v) is 8.78. The highest BCUT2D eigenvalue weighted by molar-refractivity contribution is 7.21. The number of thiazole rings is 1. The summed E-state index contributed by atoms with van der Waals surface area (Å²) in [6.07, 6.45) is 3.03. The molecule has 0 bridgehead atoms. The molecule has 27 heavy (non-hydrogen) atoms. The quantitative estimate of drug-likeness (QED) is 0.526. The van der Waals surface area contributed by atoms with Gasteiger partial charge in [-0.25, -0.2) is 4.98 Å². The van der Waals surface area contributed by atoms with Gasteiger partial charge < -0.3 is 4.90 Å². The Labute approximate surface area is 165 Å². The fraction of sp³-hybridized carbons (Fsp3) is 0.300. The summed E-state index contributed by atoms with van der Waals surface area (Å²) in [7, 11) is 0. The average Bonchev–Trinajstić information content (AvgIpc) is 3.31. The lowest BCUT2D eigenvalue weighted by atomic mass is 10.2. The summed E-state index contributed by atoms with van der Waals surface area (Å²) in [6, 6.07) is 12.6. The first-order valence-corrected chi connectivity index (χ1v) is 10.9. The molecule has 4 heterocycles. The number of nitrogens with zero attached hydrogens (tertiary/aromatic N) is 4. The summed E-state index contributed by atoms with van der Waals surface area (Å²) in [5.41, 5.74) is 2.37. The molecule has 0 radical (unpaired) electrons. The highest BCUT2D eigenvalue weighted by Crippen LogP contribution is 2.29. The number of benzene rings is 1. The Morgan fingerprint density at radius 3 is 2.89 bits per heavy atom. The Morgan fingerprint density at radius 1 is 1.11 bits per heavy atom. The predicted octanol–water partition coefficient (Wildman–Crippen LogP) is 3.96. The molecular formula is C20H20N4OS2. The van der Waals surface area contributed by atoms with Crippen molar-refractivity contribution in [2.45, 2.75) is 13.0 Å². The van der Waals surface area contributed by atoms with E-state index in [-0.39, 0.29) is 5.91 Å². The molecule has 0 atom stereocenters. The number of aromatic nitrogens is 2. The number of hydrogen-bond acceptors (Lipinski definition) is 5. The van der Waals surface area contributed by atoms with E-state index in [0.717, 1.165) is 59.3 Å². The predicted molar refractivity (Wildman–Crippen MR) is 111 cm³/mol. The number of carbonyl (C=O) groups is 1. The number of carbonyl (C=O) groups excluding carboxylic acids is 1. The molecule has 3 aromatic heterocycles. The van der Waals surface area contributed by atoms with Gasteiger partial charge in [-0.15, -0.1) is 22.7 Å². The van der Waals surface area contributed by atoms with Crippen LogP contribution in [0.5, 0.6) is 0 Å². The Balaban J connectivity index is 1.29. The number of thiophene rings is 1. The minimum atomic E-state index is 0.142. The minimum Gasteiger partial charge on any atom is -0.337 e. The normalized spacial score (nSPS) is 16.2. The summed E-state index contributed by atoms with van der Waals surface area (Å²) in [5, 5.41) is 2.02. The van der Waals surface area contributed by atoms with Crippen LogP contribution < -0.4 is 0 Å². The van der Waals surface area contributed by atoms with Crippen LogP contribution in [0.1, 0.15) is 21.7 Å². The van der Waals surface area contributed by atoms with Gasteiger partial charge in [-0.2, -0.15) is 0 Å². The van der Waals surface area contributed by atoms with Crippen molar-refractivity contribution in [3.63, 3.8) is 0 Å². The largest absolute Gasteiger partial charge is 0.337 e. The monoisotopic (exact) mass is 396 g/mol. The lowest BCUT2D eigenvalue weighted by Gasteiger charge is -2.21. The Morgan fingerprint density at radius 2 is 2.00 bits per heavy atom. The van der Waals surface area contributed by atoms with Crippen LogP contribution in [0.4, 0.5) is 0 Å². The zero-order valence-electron chi connectivity index (χ0n) is 14.9. The van der Waals surface area contributed by atoms with Crippen LogP contribution in [0.3, 0.4) is 0 Å². The molecule has 1 aromatic carbocycles. The van der Waals surface area contributed by atoms with Crippen LogP contribution >= 0.6 is 22.7 Å². The van der Waals surface area contributed by atoms with E-state index in [1.807, 2.05) is 28.6 Å². The van der Waals surface area contributed by atoms with Gasteiger partial charge in [0.25, 0.3) is 5.91 Å². The van der Waals surface area contributed by atoms with Gasteiger partial charge in [0.15, 0.2) is 4.96 Å². The van der Waals surface area contributed by atoms with E-state index in [2.05, 4.69) is 38.6 Å². The van der Waals surface area contributed by atoms with E-state index in [1.165, 1.54) is 16.9 Å². The number of amides is 1. The second kappa shape index (κ2) is 7.07. The second-order valence-electron chi connectivity index (χ2n) is 6.88. The van der Waals surface area contributed by atoms with E-state index >= 15 is 0 Å². The lowest BCUT2D eigenvalue weighted by Crippen LogP contribution is -2.34. The smallest absolute Gasteiger partial charge is 0.264 e. The summed E-state index contributed by atoms with van der Waals surface area (Å²) >= 11 is 3.13. The van der Waals surface area contributed by atoms with Gasteiger partial charge >= 0.3 is 0 Å². The Kier molecular flexibility index (Phi) is 4.43. The van der Waals surface area contributed by atoms with Crippen molar-refractivity contribution >= 4 is 43.9 Å². The molecule has 1 saturated heterocycles. The topological polar surface area (TPSA) is 40.9 Å². The molecule has 7 heteroatoms. The van der Waals surface area contributed by atoms with Gasteiger partial charge in [0, 0.05) is 44.3 Å².